The number of nitrogens with one attached hydrogen (secondary N) is 1. The number of rotatable bonds is 4. The van der Waals surface area contributed by atoms with Gasteiger partial charge in [0.05, 0.1) is 6.10 Å². The zero-order chi connectivity index (χ0) is 11.4. The van der Waals surface area contributed by atoms with Crippen molar-refractivity contribution in [3.8, 4) is 0 Å². The van der Waals surface area contributed by atoms with Gasteiger partial charge in [0.2, 0.25) is 0 Å². The molecule has 0 bridgehead atoms. The van der Waals surface area contributed by atoms with E-state index in [0.29, 0.717) is 12.6 Å². The highest BCUT2D eigenvalue weighted by Gasteiger charge is 2.09. The average Bonchev–Trinajstić information content (AvgIpc) is 2.18. The summed E-state index contributed by atoms with van der Waals surface area (Å²) in [5.41, 5.74) is 3.97. The molecule has 0 spiro atoms. The van der Waals surface area contributed by atoms with Gasteiger partial charge in [-0.05, 0) is 44.4 Å². The van der Waals surface area contributed by atoms with Crippen LogP contribution in [0.25, 0.3) is 0 Å². The van der Waals surface area contributed by atoms with Crippen LogP contribution in [0.3, 0.4) is 0 Å². The van der Waals surface area contributed by atoms with Crippen LogP contribution >= 0.6 is 0 Å². The molecule has 0 radical (unpaired) electrons. The fourth-order valence-electron chi connectivity index (χ4n) is 1.70. The minimum Gasteiger partial charge on any atom is -0.392 e. The van der Waals surface area contributed by atoms with Gasteiger partial charge in [0.1, 0.15) is 0 Å². The van der Waals surface area contributed by atoms with E-state index in [1.54, 1.807) is 6.92 Å². The summed E-state index contributed by atoms with van der Waals surface area (Å²) in [5.74, 6) is 0. The minimum atomic E-state index is -0.294. The molecule has 0 amide bonds. The maximum Gasteiger partial charge on any atom is 0.0636 e. The predicted molar refractivity (Wildman–Crippen MR) is 64.0 cm³/mol. The third-order valence-electron chi connectivity index (χ3n) is 2.83. The van der Waals surface area contributed by atoms with Crippen molar-refractivity contribution < 1.29 is 5.11 Å². The van der Waals surface area contributed by atoms with Crippen molar-refractivity contribution in [1.29, 1.82) is 0 Å². The molecule has 0 aliphatic carbocycles. The number of benzene rings is 1. The number of hydrogen-bond donors (Lipinski definition) is 2. The number of hydrogen-bond acceptors (Lipinski definition) is 2. The molecule has 2 nitrogen and oxygen atoms in total. The number of aliphatic hydroxyl groups excluding tert-OH is 1. The van der Waals surface area contributed by atoms with Gasteiger partial charge in [0, 0.05) is 12.6 Å². The van der Waals surface area contributed by atoms with Crippen LogP contribution < -0.4 is 5.32 Å². The van der Waals surface area contributed by atoms with Crippen LogP contribution in [-0.2, 0) is 0 Å². The minimum absolute atomic E-state index is 0.291. The summed E-state index contributed by atoms with van der Waals surface area (Å²) in [6.45, 7) is 8.83. The van der Waals surface area contributed by atoms with Crippen molar-refractivity contribution in [2.45, 2.75) is 39.8 Å². The lowest BCUT2D eigenvalue weighted by Gasteiger charge is -2.18. The molecule has 2 unspecified atom stereocenters. The highest BCUT2D eigenvalue weighted by molar-refractivity contribution is 5.34. The summed E-state index contributed by atoms with van der Waals surface area (Å²) in [4.78, 5) is 0. The molecule has 0 aliphatic heterocycles. The summed E-state index contributed by atoms with van der Waals surface area (Å²) in [7, 11) is 0. The SMILES string of the molecule is Cc1cccc(C(C)NCC(C)O)c1C. The lowest BCUT2D eigenvalue weighted by atomic mass is 9.98. The van der Waals surface area contributed by atoms with Crippen LogP contribution in [0.5, 0.6) is 0 Å². The Morgan fingerprint density at radius 3 is 2.53 bits per heavy atom. The normalized spacial score (nSPS) is 15.0. The van der Waals surface area contributed by atoms with Crippen molar-refractivity contribution in [1.82, 2.24) is 5.32 Å². The van der Waals surface area contributed by atoms with Gasteiger partial charge < -0.3 is 10.4 Å². The lowest BCUT2D eigenvalue weighted by molar-refractivity contribution is 0.187. The van der Waals surface area contributed by atoms with Crippen LogP contribution in [0.1, 0.15) is 36.6 Å². The van der Waals surface area contributed by atoms with Crippen molar-refractivity contribution in [2.24, 2.45) is 0 Å². The van der Waals surface area contributed by atoms with Gasteiger partial charge >= 0.3 is 0 Å². The Labute approximate surface area is 92.3 Å². The molecule has 2 atom stereocenters. The summed E-state index contributed by atoms with van der Waals surface area (Å²) < 4.78 is 0. The molecular weight excluding hydrogens is 186 g/mol. The molecule has 0 fully saturated rings. The maximum absolute atomic E-state index is 9.21. The highest BCUT2D eigenvalue weighted by atomic mass is 16.3. The molecule has 15 heavy (non-hydrogen) atoms. The molecule has 0 saturated carbocycles. The van der Waals surface area contributed by atoms with Crippen LogP contribution in [0.2, 0.25) is 0 Å². The van der Waals surface area contributed by atoms with Crippen LogP contribution in [0, 0.1) is 13.8 Å². The number of aliphatic hydroxyl groups is 1. The van der Waals surface area contributed by atoms with Crippen molar-refractivity contribution in [2.75, 3.05) is 6.54 Å². The van der Waals surface area contributed by atoms with Crippen molar-refractivity contribution in [3.63, 3.8) is 0 Å². The highest BCUT2D eigenvalue weighted by Crippen LogP contribution is 2.19. The Balaban J connectivity index is 2.73. The summed E-state index contributed by atoms with van der Waals surface area (Å²) in [5, 5.41) is 12.5. The number of aryl methyl sites for hydroxylation is 1. The van der Waals surface area contributed by atoms with Crippen molar-refractivity contribution >= 4 is 0 Å². The van der Waals surface area contributed by atoms with Gasteiger partial charge in [0.15, 0.2) is 0 Å². The summed E-state index contributed by atoms with van der Waals surface area (Å²) in [6.07, 6.45) is -0.294. The van der Waals surface area contributed by atoms with Crippen molar-refractivity contribution in [3.05, 3.63) is 34.9 Å². The van der Waals surface area contributed by atoms with E-state index in [4.69, 9.17) is 0 Å². The van der Waals surface area contributed by atoms with Crippen LogP contribution in [0.4, 0.5) is 0 Å². The van der Waals surface area contributed by atoms with Gasteiger partial charge in [-0.1, -0.05) is 18.2 Å². The van der Waals surface area contributed by atoms with E-state index < -0.39 is 0 Å². The summed E-state index contributed by atoms with van der Waals surface area (Å²) >= 11 is 0. The van der Waals surface area contributed by atoms with Crippen LogP contribution in [0.15, 0.2) is 18.2 Å². The van der Waals surface area contributed by atoms with E-state index in [2.05, 4.69) is 44.3 Å². The first kappa shape index (κ1) is 12.2. The Kier molecular flexibility index (Phi) is 4.30. The molecule has 84 valence electrons. The predicted octanol–water partition coefficient (Wildman–Crippen LogP) is 2.33. The zero-order valence-corrected chi connectivity index (χ0v) is 10.0. The molecule has 0 saturated heterocycles. The molecule has 2 heteroatoms. The molecule has 0 aliphatic rings. The van der Waals surface area contributed by atoms with Gasteiger partial charge in [0.25, 0.3) is 0 Å². The first-order valence-electron chi connectivity index (χ1n) is 5.50. The van der Waals surface area contributed by atoms with Gasteiger partial charge in [-0.15, -0.1) is 0 Å². The molecule has 1 rings (SSSR count). The Morgan fingerprint density at radius 1 is 1.27 bits per heavy atom. The molecular formula is C13H21NO. The topological polar surface area (TPSA) is 32.3 Å². The van der Waals surface area contributed by atoms with Gasteiger partial charge in [-0.25, -0.2) is 0 Å². The average molecular weight is 207 g/mol. The molecule has 0 heterocycles. The second-order valence-corrected chi connectivity index (χ2v) is 4.27. The third kappa shape index (κ3) is 3.33. The fraction of sp³-hybridized carbons (Fsp3) is 0.538. The fourth-order valence-corrected chi connectivity index (χ4v) is 1.70. The zero-order valence-electron chi connectivity index (χ0n) is 10.0. The Bertz CT molecular complexity index is 320. The third-order valence-corrected chi connectivity index (χ3v) is 2.83. The molecule has 1 aromatic rings. The van der Waals surface area contributed by atoms with Crippen LogP contribution in [-0.4, -0.2) is 17.8 Å². The largest absolute Gasteiger partial charge is 0.392 e. The lowest BCUT2D eigenvalue weighted by Crippen LogP contribution is -2.27. The monoisotopic (exact) mass is 207 g/mol. The van der Waals surface area contributed by atoms with E-state index in [9.17, 15) is 5.11 Å². The smallest absolute Gasteiger partial charge is 0.0636 e. The molecule has 2 N–H and O–H groups in total. The second kappa shape index (κ2) is 5.29. The molecule has 0 aromatic heterocycles. The second-order valence-electron chi connectivity index (χ2n) is 4.27. The van der Waals surface area contributed by atoms with E-state index in [0.717, 1.165) is 0 Å². The maximum atomic E-state index is 9.21. The van der Waals surface area contributed by atoms with Gasteiger partial charge in [-0.3, -0.25) is 0 Å². The first-order valence-corrected chi connectivity index (χ1v) is 5.50. The van der Waals surface area contributed by atoms with E-state index in [1.807, 2.05) is 0 Å². The molecule has 1 aromatic carbocycles. The van der Waals surface area contributed by atoms with Gasteiger partial charge in [-0.2, -0.15) is 0 Å². The Hall–Kier alpha value is -0.860. The van der Waals surface area contributed by atoms with E-state index in [-0.39, 0.29) is 6.10 Å². The summed E-state index contributed by atoms with van der Waals surface area (Å²) in [6, 6.07) is 6.64. The first-order chi connectivity index (χ1) is 7.02. The quantitative estimate of drug-likeness (QED) is 0.794. The van der Waals surface area contributed by atoms with E-state index in [1.165, 1.54) is 16.7 Å². The Morgan fingerprint density at radius 2 is 1.93 bits per heavy atom. The standard InChI is InChI=1S/C13H21NO/c1-9-6-5-7-13(11(9)3)12(4)14-8-10(2)15/h5-7,10,12,14-15H,8H2,1-4H3. The van der Waals surface area contributed by atoms with E-state index >= 15 is 0 Å².